The maximum atomic E-state index is 7.10. The molecule has 0 bridgehead atoms. The monoisotopic (exact) mass is 1150 g/mol. The minimum absolute atomic E-state index is 0. The molecule has 0 saturated heterocycles. The Kier molecular flexibility index (Phi) is 27.5. The molecule has 77 heavy (non-hydrogen) atoms. The van der Waals surface area contributed by atoms with E-state index < -0.39 is 16.6 Å². The topological polar surface area (TPSA) is 36.9 Å². The average molecular weight is 1150 g/mol. The molecule has 0 unspecified atom stereocenters. The smallest absolute Gasteiger partial charge is 0.261 e. The van der Waals surface area contributed by atoms with Gasteiger partial charge in [0.05, 0.1) is 13.2 Å². The van der Waals surface area contributed by atoms with Gasteiger partial charge in [-0.25, -0.2) is 0 Å². The van der Waals surface area contributed by atoms with Gasteiger partial charge >= 0.3 is 0 Å². The summed E-state index contributed by atoms with van der Waals surface area (Å²) in [5.74, 6) is 3.23. The molecule has 0 aliphatic heterocycles. The number of rotatable bonds is 34. The Morgan fingerprint density at radius 2 is 0.584 bits per heavy atom. The Balaban J connectivity index is 0.0000109. The zero-order chi connectivity index (χ0) is 54.1. The van der Waals surface area contributed by atoms with Crippen molar-refractivity contribution in [1.82, 2.24) is 0 Å². The van der Waals surface area contributed by atoms with Crippen LogP contribution in [0.2, 0.25) is 10.1 Å². The van der Waals surface area contributed by atoms with Gasteiger partial charge in [-0.15, -0.1) is 40.3 Å². The second-order valence-corrected chi connectivity index (χ2v) is 32.3. The van der Waals surface area contributed by atoms with E-state index in [-0.39, 0.29) is 42.8 Å². The molecule has 1 radical (unpaired) electrons. The van der Waals surface area contributed by atoms with Crippen LogP contribution in [0.3, 0.4) is 0 Å². The predicted molar refractivity (Wildman–Crippen MR) is 331 cm³/mol. The fourth-order valence-corrected chi connectivity index (χ4v) is 20.9. The van der Waals surface area contributed by atoms with Gasteiger partial charge in [-0.1, -0.05) is 298 Å². The molecule has 0 aliphatic rings. The van der Waals surface area contributed by atoms with Crippen molar-refractivity contribution in [2.24, 2.45) is 0 Å². The second kappa shape index (κ2) is 33.1. The fourth-order valence-electron chi connectivity index (χ4n) is 11.7. The molecule has 6 aromatic rings. The Morgan fingerprint density at radius 1 is 0.338 bits per heavy atom. The van der Waals surface area contributed by atoms with Crippen molar-refractivity contribution in [3.05, 3.63) is 186 Å². The fraction of sp³-hybridized carbons (Fsp3) is 0.471. The van der Waals surface area contributed by atoms with Crippen molar-refractivity contribution in [3.8, 4) is 11.5 Å². The third-order valence-corrected chi connectivity index (χ3v) is 25.9. The Morgan fingerprint density at radius 3 is 0.831 bits per heavy atom. The van der Waals surface area contributed by atoms with Gasteiger partial charge in [0, 0.05) is 45.9 Å². The molecule has 0 fully saturated rings. The Labute approximate surface area is 496 Å². The van der Waals surface area contributed by atoms with E-state index in [4.69, 9.17) is 18.3 Å². The normalized spacial score (nSPS) is 12.1. The number of unbranched alkanes of at least 4 members (excludes halogenated alkanes) is 16. The number of aryl methyl sites for hydroxylation is 2. The van der Waals surface area contributed by atoms with E-state index in [2.05, 4.69) is 220 Å². The summed E-state index contributed by atoms with van der Waals surface area (Å²) in [7, 11) is -4.87. The van der Waals surface area contributed by atoms with Gasteiger partial charge in [-0.2, -0.15) is 0 Å². The predicted octanol–water partition coefficient (Wildman–Crippen LogP) is 17.2. The summed E-state index contributed by atoms with van der Waals surface area (Å²) in [6.07, 6.45) is 22.3. The molecule has 7 heteroatoms. The van der Waals surface area contributed by atoms with Crippen molar-refractivity contribution >= 4 is 37.4 Å². The van der Waals surface area contributed by atoms with E-state index in [1.807, 2.05) is 0 Å². The molecule has 4 nitrogen and oxygen atoms in total. The van der Waals surface area contributed by atoms with Crippen molar-refractivity contribution < 1.29 is 51.0 Å². The molecule has 0 N–H and O–H groups in total. The first-order valence-corrected chi connectivity index (χ1v) is 33.4. The maximum absolute atomic E-state index is 7.10. The molecular formula is C70H97O4Si2Y-. The number of benzene rings is 6. The van der Waals surface area contributed by atoms with Gasteiger partial charge in [0.2, 0.25) is 0 Å². The van der Waals surface area contributed by atoms with Crippen molar-refractivity contribution in [2.75, 3.05) is 26.4 Å². The van der Waals surface area contributed by atoms with Crippen LogP contribution in [0.4, 0.5) is 0 Å². The van der Waals surface area contributed by atoms with E-state index >= 15 is 0 Å². The third kappa shape index (κ3) is 18.7. The first-order chi connectivity index (χ1) is 36.8. The summed E-state index contributed by atoms with van der Waals surface area (Å²) < 4.78 is 26.7. The van der Waals surface area contributed by atoms with E-state index in [0.717, 1.165) is 63.6 Å². The van der Waals surface area contributed by atoms with E-state index in [0.29, 0.717) is 0 Å². The van der Waals surface area contributed by atoms with Crippen LogP contribution in [0.25, 0.3) is 0 Å². The van der Waals surface area contributed by atoms with E-state index in [1.54, 1.807) is 0 Å². The number of hydrogen-bond donors (Lipinski definition) is 0. The van der Waals surface area contributed by atoms with Crippen molar-refractivity contribution in [1.29, 1.82) is 0 Å². The Bertz CT molecular complexity index is 2270. The Hall–Kier alpha value is -3.75. The van der Waals surface area contributed by atoms with Gasteiger partial charge in [0.25, 0.3) is 16.6 Å². The van der Waals surface area contributed by atoms with Crippen molar-refractivity contribution in [2.45, 2.75) is 188 Å². The standard InChI is InChI=1S/C70H97O4Si2.Y/c1-58-56-61(71-52-36-20-16-12-10-14-18-22-38-54-73-75(69(4,5)6,63-40-28-24-29-41-63)64-42-30-25-31-43-64)48-50-67(58)60(3)68-51-49-62(57-59(68)2)72-53-37-21-17-13-11-15-19-23-39-55-74-76(70(7,8)9,65-44-32-26-33-45-65)66-46-34-27-35-47-66;/h24-35,40-51,56-57H,10-23,36-39,52-55H2,1-9H3;/q-1;. The van der Waals surface area contributed by atoms with Gasteiger partial charge in [-0.05, 0) is 56.5 Å². The first-order valence-electron chi connectivity index (χ1n) is 29.6. The first kappa shape index (κ1) is 64.1. The molecule has 0 aromatic heterocycles. The summed E-state index contributed by atoms with van der Waals surface area (Å²) in [6.45, 7) is 24.0. The summed E-state index contributed by atoms with van der Waals surface area (Å²) in [5, 5.41) is 5.53. The molecule has 6 rings (SSSR count). The molecule has 6 aromatic carbocycles. The number of hydrogen-bond acceptors (Lipinski definition) is 4. The van der Waals surface area contributed by atoms with Crippen LogP contribution < -0.4 is 30.2 Å². The van der Waals surface area contributed by atoms with Gasteiger partial charge in [0.1, 0.15) is 11.5 Å². The molecule has 0 spiro atoms. The van der Waals surface area contributed by atoms with Crippen molar-refractivity contribution in [3.63, 3.8) is 0 Å². The summed E-state index contributed by atoms with van der Waals surface area (Å²) in [5.41, 5.74) is 5.05. The largest absolute Gasteiger partial charge is 0.495 e. The summed E-state index contributed by atoms with van der Waals surface area (Å²) in [6, 6.07) is 57.2. The van der Waals surface area contributed by atoms with Crippen LogP contribution >= 0.6 is 0 Å². The second-order valence-electron chi connectivity index (χ2n) is 23.7. The van der Waals surface area contributed by atoms with E-state index in [9.17, 15) is 0 Å². The molecule has 0 saturated carbocycles. The maximum Gasteiger partial charge on any atom is 0.261 e. The van der Waals surface area contributed by atoms with Gasteiger partial charge < -0.3 is 18.3 Å². The molecule has 0 heterocycles. The third-order valence-electron chi connectivity index (χ3n) is 15.8. The summed E-state index contributed by atoms with van der Waals surface area (Å²) >= 11 is 0. The molecule has 0 atom stereocenters. The zero-order valence-corrected chi connectivity index (χ0v) is 54.1. The van der Waals surface area contributed by atoms with Crippen LogP contribution in [0, 0.1) is 19.8 Å². The van der Waals surface area contributed by atoms with Gasteiger partial charge in [-0.3, -0.25) is 0 Å². The van der Waals surface area contributed by atoms with Crippen LogP contribution in [0.5, 0.6) is 11.5 Å². The molecular weight excluding hydrogens is 1050 g/mol. The minimum atomic E-state index is -2.43. The summed E-state index contributed by atoms with van der Waals surface area (Å²) in [4.78, 5) is 0. The number of ether oxygens (including phenoxy) is 2. The van der Waals surface area contributed by atoms with Crippen LogP contribution in [-0.4, -0.2) is 43.1 Å². The molecule has 413 valence electrons. The average Bonchev–Trinajstić information content (AvgIpc) is 3.41. The van der Waals surface area contributed by atoms with Crippen LogP contribution in [0.15, 0.2) is 158 Å². The minimum Gasteiger partial charge on any atom is -0.495 e. The van der Waals surface area contributed by atoms with Gasteiger partial charge in [0.15, 0.2) is 0 Å². The van der Waals surface area contributed by atoms with E-state index in [1.165, 1.54) is 139 Å². The molecule has 0 amide bonds. The zero-order valence-electron chi connectivity index (χ0n) is 49.3. The SMILES string of the molecule is Cc1cc(OCCCCCCCCCCCO[Si](c2ccccc2)(c2ccccc2)C(C)(C)C)ccc1[C-](C)c1ccc(OCCCCCCCCCCCO[Si](c2ccccc2)(c2ccccc2)C(C)(C)C)cc1C.[Y]. The van der Waals surface area contributed by atoms with Crippen LogP contribution in [-0.2, 0) is 41.6 Å². The molecule has 0 aliphatic carbocycles. The van der Waals surface area contributed by atoms with Crippen LogP contribution in [0.1, 0.15) is 186 Å². The quantitative estimate of drug-likeness (QED) is 0.0229.